The number of anilines is 1. The Bertz CT molecular complexity index is 1430. The summed E-state index contributed by atoms with van der Waals surface area (Å²) in [6, 6.07) is 19.1. The molecule has 1 atom stereocenters. The Morgan fingerprint density at radius 3 is 2.20 bits per heavy atom. The van der Waals surface area contributed by atoms with E-state index in [9.17, 15) is 18.0 Å². The Hall–Kier alpha value is -3.21. The van der Waals surface area contributed by atoms with Gasteiger partial charge in [-0.25, -0.2) is 8.42 Å². The normalized spacial score (nSPS) is 12.1. The summed E-state index contributed by atoms with van der Waals surface area (Å²) in [5.41, 5.74) is 0.964. The highest BCUT2D eigenvalue weighted by atomic mass is 35.5. The summed E-state index contributed by atoms with van der Waals surface area (Å²) < 4.78 is 35.0. The molecule has 0 saturated heterocycles. The highest BCUT2D eigenvalue weighted by molar-refractivity contribution is 7.98. The first kappa shape index (κ1) is 32.3. The summed E-state index contributed by atoms with van der Waals surface area (Å²) >= 11 is 7.55. The van der Waals surface area contributed by atoms with Gasteiger partial charge in [-0.3, -0.25) is 13.9 Å². The molecule has 0 aliphatic rings. The van der Waals surface area contributed by atoms with Gasteiger partial charge in [0.2, 0.25) is 11.8 Å². The second kappa shape index (κ2) is 14.6. The van der Waals surface area contributed by atoms with Crippen LogP contribution in [0.1, 0.15) is 33.3 Å². The van der Waals surface area contributed by atoms with Gasteiger partial charge in [-0.15, -0.1) is 11.8 Å². The van der Waals surface area contributed by atoms with Crippen LogP contribution in [0.4, 0.5) is 5.69 Å². The van der Waals surface area contributed by atoms with Gasteiger partial charge in [0.1, 0.15) is 18.3 Å². The summed E-state index contributed by atoms with van der Waals surface area (Å²) in [5, 5.41) is 3.38. The monoisotopic (exact) mass is 617 g/mol. The zero-order valence-electron chi connectivity index (χ0n) is 23.8. The topological polar surface area (TPSA) is 96.0 Å². The second-order valence-corrected chi connectivity index (χ2v) is 12.8. The van der Waals surface area contributed by atoms with Crippen molar-refractivity contribution in [3.63, 3.8) is 0 Å². The van der Waals surface area contributed by atoms with Crippen LogP contribution in [0.15, 0.2) is 82.6 Å². The quantitative estimate of drug-likeness (QED) is 0.251. The fourth-order valence-electron chi connectivity index (χ4n) is 4.10. The van der Waals surface area contributed by atoms with Gasteiger partial charge in [0.15, 0.2) is 0 Å². The summed E-state index contributed by atoms with van der Waals surface area (Å²) in [6.45, 7) is 6.91. The van der Waals surface area contributed by atoms with E-state index in [-0.39, 0.29) is 29.1 Å². The van der Waals surface area contributed by atoms with E-state index in [1.165, 1.54) is 28.8 Å². The molecule has 1 N–H and O–H groups in total. The van der Waals surface area contributed by atoms with Gasteiger partial charge in [-0.1, -0.05) is 35.9 Å². The zero-order chi connectivity index (χ0) is 30.2. The third-order valence-electron chi connectivity index (χ3n) is 6.22. The molecule has 3 rings (SSSR count). The third kappa shape index (κ3) is 8.40. The van der Waals surface area contributed by atoms with E-state index in [4.69, 9.17) is 16.3 Å². The number of nitrogens with one attached hydrogen (secondary N) is 1. The number of hydrogen-bond donors (Lipinski definition) is 1. The molecule has 0 bridgehead atoms. The molecule has 0 spiro atoms. The molecule has 8 nitrogen and oxygen atoms in total. The number of benzene rings is 3. The van der Waals surface area contributed by atoms with E-state index in [2.05, 4.69) is 5.32 Å². The molecule has 41 heavy (non-hydrogen) atoms. The van der Waals surface area contributed by atoms with Gasteiger partial charge in [0.05, 0.1) is 17.2 Å². The molecule has 11 heteroatoms. The molecule has 0 fully saturated rings. The summed E-state index contributed by atoms with van der Waals surface area (Å²) in [7, 11) is -4.21. The minimum absolute atomic E-state index is 0.0317. The van der Waals surface area contributed by atoms with Gasteiger partial charge < -0.3 is 15.0 Å². The third-order valence-corrected chi connectivity index (χ3v) is 8.99. The van der Waals surface area contributed by atoms with E-state index >= 15 is 0 Å². The van der Waals surface area contributed by atoms with Crippen molar-refractivity contribution in [2.24, 2.45) is 0 Å². The molecule has 220 valence electrons. The molecule has 2 amide bonds. The zero-order valence-corrected chi connectivity index (χ0v) is 26.2. The van der Waals surface area contributed by atoms with Gasteiger partial charge in [-0.2, -0.15) is 0 Å². The Balaban J connectivity index is 2.08. The average Bonchev–Trinajstić information content (AvgIpc) is 2.95. The number of para-hydroxylation sites is 2. The predicted molar refractivity (Wildman–Crippen MR) is 165 cm³/mol. The Labute approximate surface area is 252 Å². The van der Waals surface area contributed by atoms with Gasteiger partial charge in [0.25, 0.3) is 10.0 Å². The van der Waals surface area contributed by atoms with Crippen molar-refractivity contribution in [1.82, 2.24) is 10.2 Å². The Morgan fingerprint density at radius 2 is 1.61 bits per heavy atom. The lowest BCUT2D eigenvalue weighted by Crippen LogP contribution is -2.52. The molecule has 0 aliphatic carbocycles. The standard InChI is InChI=1S/C30H36ClN3O5S2/c1-6-39-28-10-8-7-9-27(28)34(41(37,38)26-17-15-25(40-5)16-18-26)20-29(35)33(22(4)30(36)32-21(2)3)19-23-11-13-24(31)14-12-23/h7-18,21-22H,6,19-20H2,1-5H3,(H,32,36)/t22-/m1/s1. The summed E-state index contributed by atoms with van der Waals surface area (Å²) in [5.74, 6) is -0.581. The fraction of sp³-hybridized carbons (Fsp3) is 0.333. The van der Waals surface area contributed by atoms with Gasteiger partial charge >= 0.3 is 0 Å². The summed E-state index contributed by atoms with van der Waals surface area (Å²) in [6.07, 6.45) is 1.90. The highest BCUT2D eigenvalue weighted by Gasteiger charge is 2.34. The lowest BCUT2D eigenvalue weighted by Gasteiger charge is -2.32. The largest absolute Gasteiger partial charge is 0.492 e. The fourth-order valence-corrected chi connectivity index (χ4v) is 6.06. The van der Waals surface area contributed by atoms with Gasteiger partial charge in [0, 0.05) is 22.5 Å². The summed E-state index contributed by atoms with van der Waals surface area (Å²) in [4.78, 5) is 29.4. The SMILES string of the molecule is CCOc1ccccc1N(CC(=O)N(Cc1ccc(Cl)cc1)[C@H](C)C(=O)NC(C)C)S(=O)(=O)c1ccc(SC)cc1. The molecule has 0 heterocycles. The van der Waals surface area contributed by atoms with Crippen molar-refractivity contribution in [1.29, 1.82) is 0 Å². The Morgan fingerprint density at radius 1 is 0.976 bits per heavy atom. The molecule has 0 unspecified atom stereocenters. The van der Waals surface area contributed by atoms with Crippen LogP contribution in [0.3, 0.4) is 0 Å². The maximum atomic E-state index is 14.1. The lowest BCUT2D eigenvalue weighted by atomic mass is 10.1. The van der Waals surface area contributed by atoms with Crippen LogP contribution in [0.2, 0.25) is 5.02 Å². The minimum atomic E-state index is -4.21. The number of rotatable bonds is 13. The molecule has 3 aromatic carbocycles. The van der Waals surface area contributed by atoms with Crippen LogP contribution in [-0.2, 0) is 26.2 Å². The van der Waals surface area contributed by atoms with Crippen molar-refractivity contribution in [2.45, 2.75) is 56.1 Å². The predicted octanol–water partition coefficient (Wildman–Crippen LogP) is 5.60. The minimum Gasteiger partial charge on any atom is -0.492 e. The van der Waals surface area contributed by atoms with E-state index in [1.807, 2.05) is 20.1 Å². The smallest absolute Gasteiger partial charge is 0.264 e. The molecule has 0 aliphatic heterocycles. The van der Waals surface area contributed by atoms with Crippen molar-refractivity contribution < 1.29 is 22.7 Å². The average molecular weight is 618 g/mol. The first-order valence-corrected chi connectivity index (χ1v) is 16.2. The van der Waals surface area contributed by atoms with Crippen molar-refractivity contribution >= 4 is 50.9 Å². The van der Waals surface area contributed by atoms with E-state index < -0.39 is 28.5 Å². The van der Waals surface area contributed by atoms with Crippen LogP contribution in [0.25, 0.3) is 0 Å². The van der Waals surface area contributed by atoms with Crippen LogP contribution in [0.5, 0.6) is 5.75 Å². The molecule has 3 aromatic rings. The van der Waals surface area contributed by atoms with Gasteiger partial charge in [-0.05, 0) is 88.0 Å². The van der Waals surface area contributed by atoms with Crippen LogP contribution in [0, 0.1) is 0 Å². The molecule has 0 aromatic heterocycles. The van der Waals surface area contributed by atoms with E-state index in [0.29, 0.717) is 17.4 Å². The lowest BCUT2D eigenvalue weighted by molar-refractivity contribution is -0.139. The maximum Gasteiger partial charge on any atom is 0.264 e. The number of halogens is 1. The number of hydrogen-bond acceptors (Lipinski definition) is 6. The number of ether oxygens (including phenoxy) is 1. The number of sulfonamides is 1. The number of amides is 2. The number of nitrogens with zero attached hydrogens (tertiary/aromatic N) is 2. The van der Waals surface area contributed by atoms with E-state index in [0.717, 1.165) is 14.8 Å². The van der Waals surface area contributed by atoms with Crippen molar-refractivity contribution in [3.05, 3.63) is 83.4 Å². The second-order valence-electron chi connectivity index (χ2n) is 9.58. The number of carbonyl (C=O) groups excluding carboxylic acids is 2. The molecule has 0 saturated carbocycles. The highest BCUT2D eigenvalue weighted by Crippen LogP contribution is 2.33. The van der Waals surface area contributed by atoms with Crippen molar-refractivity contribution in [3.8, 4) is 5.75 Å². The molecular formula is C30H36ClN3O5S2. The number of thioether (sulfide) groups is 1. The van der Waals surface area contributed by atoms with E-state index in [1.54, 1.807) is 74.5 Å². The van der Waals surface area contributed by atoms with Crippen molar-refractivity contribution in [2.75, 3.05) is 23.7 Å². The van der Waals surface area contributed by atoms with Crippen LogP contribution < -0.4 is 14.4 Å². The number of carbonyl (C=O) groups is 2. The molecule has 0 radical (unpaired) electrons. The van der Waals surface area contributed by atoms with Crippen LogP contribution >= 0.6 is 23.4 Å². The first-order valence-electron chi connectivity index (χ1n) is 13.2. The molecular weight excluding hydrogens is 582 g/mol. The maximum absolute atomic E-state index is 14.1. The first-order chi connectivity index (χ1) is 19.5. The Kier molecular flexibility index (Phi) is 11.5. The van der Waals surface area contributed by atoms with Crippen LogP contribution in [-0.4, -0.2) is 56.6 Å².